The molecule has 2 aromatic rings. The number of rotatable bonds is 7. The van der Waals surface area contributed by atoms with E-state index < -0.39 is 0 Å². The van der Waals surface area contributed by atoms with Gasteiger partial charge in [-0.3, -0.25) is 0 Å². The topological polar surface area (TPSA) is 18.5 Å². The van der Waals surface area contributed by atoms with E-state index in [1.165, 1.54) is 99.3 Å². The van der Waals surface area contributed by atoms with Crippen LogP contribution in [0.5, 0.6) is 11.5 Å². The van der Waals surface area contributed by atoms with Crippen LogP contribution < -0.4 is 9.47 Å². The van der Waals surface area contributed by atoms with Gasteiger partial charge in [0.2, 0.25) is 0 Å². The molecule has 0 aromatic heterocycles. The molecule has 8 atom stereocenters. The lowest BCUT2D eigenvalue weighted by Gasteiger charge is -2.63. The Labute approximate surface area is 262 Å². The van der Waals surface area contributed by atoms with Crippen LogP contribution in [0, 0.1) is 52.3 Å². The Balaban J connectivity index is 1.16. The van der Waals surface area contributed by atoms with Gasteiger partial charge >= 0.3 is 0 Å². The van der Waals surface area contributed by atoms with Crippen LogP contribution in [0.1, 0.15) is 123 Å². The van der Waals surface area contributed by atoms with Crippen LogP contribution in [-0.4, -0.2) is 14.2 Å². The molecule has 0 aliphatic heterocycles. The summed E-state index contributed by atoms with van der Waals surface area (Å²) in [6, 6.07) is 13.7. The van der Waals surface area contributed by atoms with Gasteiger partial charge in [-0.2, -0.15) is 0 Å². The lowest BCUT2D eigenvalue weighted by Crippen LogP contribution is -2.55. The van der Waals surface area contributed by atoms with Crippen molar-refractivity contribution in [3.63, 3.8) is 0 Å². The average Bonchev–Trinajstić information content (AvgIpc) is 3.49. The molecular weight excluding hydrogens is 524 g/mol. The van der Waals surface area contributed by atoms with Crippen LogP contribution in [0.3, 0.4) is 0 Å². The zero-order valence-corrected chi connectivity index (χ0v) is 28.3. The first-order valence-corrected chi connectivity index (χ1v) is 18.0. The fourth-order valence-corrected chi connectivity index (χ4v) is 12.5. The summed E-state index contributed by atoms with van der Waals surface area (Å²) >= 11 is 0. The van der Waals surface area contributed by atoms with Gasteiger partial charge in [-0.15, -0.1) is 0 Å². The lowest BCUT2D eigenvalue weighted by atomic mass is 9.42. The third kappa shape index (κ3) is 4.46. The van der Waals surface area contributed by atoms with Gasteiger partial charge in [0.1, 0.15) is 11.5 Å². The van der Waals surface area contributed by atoms with E-state index in [1.807, 2.05) is 14.2 Å². The first kappa shape index (κ1) is 29.7. The van der Waals surface area contributed by atoms with Crippen molar-refractivity contribution in [1.29, 1.82) is 0 Å². The van der Waals surface area contributed by atoms with Crippen LogP contribution in [0.25, 0.3) is 11.1 Å². The average molecular weight is 583 g/mol. The number of hydrogen-bond donors (Lipinski definition) is 0. The molecule has 0 N–H and O–H groups in total. The maximum atomic E-state index is 5.80. The van der Waals surface area contributed by atoms with Gasteiger partial charge in [-0.05, 0) is 157 Å². The van der Waals surface area contributed by atoms with Gasteiger partial charge in [0.15, 0.2) is 0 Å². The summed E-state index contributed by atoms with van der Waals surface area (Å²) in [6.45, 7) is 12.9. The van der Waals surface area contributed by atoms with Crippen molar-refractivity contribution in [3.8, 4) is 22.6 Å². The first-order chi connectivity index (χ1) is 20.6. The number of benzene rings is 2. The molecule has 0 unspecified atom stereocenters. The number of hydrogen-bond acceptors (Lipinski definition) is 2. The largest absolute Gasteiger partial charge is 0.497 e. The second-order valence-corrected chi connectivity index (χ2v) is 16.8. The zero-order valence-electron chi connectivity index (χ0n) is 28.3. The molecule has 7 rings (SSSR count). The summed E-state index contributed by atoms with van der Waals surface area (Å²) in [5.41, 5.74) is 7.00. The van der Waals surface area contributed by atoms with E-state index in [0.29, 0.717) is 10.8 Å². The van der Waals surface area contributed by atoms with E-state index in [2.05, 4.69) is 71.0 Å². The maximum absolute atomic E-state index is 5.80. The fraction of sp³-hybridized carbons (Fsp3) is 0.707. The standard InChI is InChI=1S/C41H58O2/c1-26(2)9-8-10-27(3)34-17-18-35-33-14-11-28-25-41(22-21-39(28,4)36(33)19-20-40(34,35)5)37-23-29(42-6)12-15-31(37)32-16-13-30(43-7)24-38(32)41/h12-13,15-16,23-24,26-28,33-36H,8-11,14,17-22,25H2,1-7H3/t27-,28+,33+,34-,35+,36+,39+,40-/m1/s1. The Hall–Kier alpha value is -1.96. The molecule has 234 valence electrons. The minimum atomic E-state index is 0.0812. The summed E-state index contributed by atoms with van der Waals surface area (Å²) in [4.78, 5) is 0. The van der Waals surface area contributed by atoms with Crippen LogP contribution in [0.2, 0.25) is 0 Å². The first-order valence-electron chi connectivity index (χ1n) is 18.0. The Kier molecular flexibility index (Phi) is 7.49. The lowest BCUT2D eigenvalue weighted by molar-refractivity contribution is -0.121. The van der Waals surface area contributed by atoms with Crippen LogP contribution in [0.15, 0.2) is 36.4 Å². The predicted octanol–water partition coefficient (Wildman–Crippen LogP) is 11.1. The molecule has 2 heteroatoms. The molecular formula is C41H58O2. The molecule has 1 spiro atoms. The highest BCUT2D eigenvalue weighted by Gasteiger charge is 2.62. The van der Waals surface area contributed by atoms with Crippen molar-refractivity contribution in [2.75, 3.05) is 14.2 Å². The number of fused-ring (bicyclic) bond motifs is 10. The molecule has 5 aliphatic carbocycles. The van der Waals surface area contributed by atoms with E-state index in [4.69, 9.17) is 9.47 Å². The molecule has 4 fully saturated rings. The fourth-order valence-electron chi connectivity index (χ4n) is 12.5. The smallest absolute Gasteiger partial charge is 0.119 e. The molecule has 43 heavy (non-hydrogen) atoms. The van der Waals surface area contributed by atoms with Gasteiger partial charge in [-0.1, -0.05) is 66.0 Å². The number of methoxy groups -OCH3 is 2. The molecule has 0 bridgehead atoms. The van der Waals surface area contributed by atoms with Crippen molar-refractivity contribution in [2.45, 2.75) is 117 Å². The van der Waals surface area contributed by atoms with E-state index in [9.17, 15) is 0 Å². The van der Waals surface area contributed by atoms with Crippen molar-refractivity contribution in [1.82, 2.24) is 0 Å². The van der Waals surface area contributed by atoms with Crippen LogP contribution >= 0.6 is 0 Å². The quantitative estimate of drug-likeness (QED) is 0.323. The highest BCUT2D eigenvalue weighted by molar-refractivity contribution is 5.82. The highest BCUT2D eigenvalue weighted by Crippen LogP contribution is 2.71. The highest BCUT2D eigenvalue weighted by atomic mass is 16.5. The molecule has 4 saturated carbocycles. The minimum Gasteiger partial charge on any atom is -0.497 e. The molecule has 0 heterocycles. The summed E-state index contributed by atoms with van der Waals surface area (Å²) in [7, 11) is 3.63. The normalized spacial score (nSPS) is 36.0. The number of ether oxygens (including phenoxy) is 2. The van der Waals surface area contributed by atoms with Gasteiger partial charge in [0.25, 0.3) is 0 Å². The minimum absolute atomic E-state index is 0.0812. The van der Waals surface area contributed by atoms with E-state index in [-0.39, 0.29) is 5.41 Å². The van der Waals surface area contributed by atoms with Gasteiger partial charge in [0, 0.05) is 5.41 Å². The molecule has 0 amide bonds. The van der Waals surface area contributed by atoms with Crippen LogP contribution in [0.4, 0.5) is 0 Å². The van der Waals surface area contributed by atoms with Gasteiger partial charge in [0.05, 0.1) is 14.2 Å². The van der Waals surface area contributed by atoms with Crippen molar-refractivity contribution in [3.05, 3.63) is 47.5 Å². The van der Waals surface area contributed by atoms with E-state index in [1.54, 1.807) is 0 Å². The monoisotopic (exact) mass is 582 g/mol. The van der Waals surface area contributed by atoms with Crippen molar-refractivity contribution < 1.29 is 9.47 Å². The summed E-state index contributed by atoms with van der Waals surface area (Å²) < 4.78 is 11.6. The molecule has 5 aliphatic rings. The Bertz CT molecular complexity index is 1290. The van der Waals surface area contributed by atoms with Crippen LogP contribution in [-0.2, 0) is 5.41 Å². The Morgan fingerprint density at radius 1 is 0.721 bits per heavy atom. The van der Waals surface area contributed by atoms with E-state index >= 15 is 0 Å². The molecule has 2 aromatic carbocycles. The third-order valence-electron chi connectivity index (χ3n) is 14.7. The Morgan fingerprint density at radius 3 is 2.00 bits per heavy atom. The van der Waals surface area contributed by atoms with Gasteiger partial charge < -0.3 is 9.47 Å². The SMILES string of the molecule is COc1ccc2c(c1)C1(CC[C@@]3(C)[C@@H](CC[C@@H]4[C@@H]3CC[C@]3(C)[C@@H]([C@H](C)CCCC(C)C)CC[C@@H]43)C1)c1cc(OC)ccc1-2. The molecule has 0 radical (unpaired) electrons. The molecule has 0 saturated heterocycles. The summed E-state index contributed by atoms with van der Waals surface area (Å²) in [5, 5.41) is 0. The molecule has 2 nitrogen and oxygen atoms in total. The second-order valence-electron chi connectivity index (χ2n) is 16.8. The third-order valence-corrected chi connectivity index (χ3v) is 14.7. The maximum Gasteiger partial charge on any atom is 0.119 e. The summed E-state index contributed by atoms with van der Waals surface area (Å²) in [6.07, 6.45) is 17.0. The van der Waals surface area contributed by atoms with E-state index in [0.717, 1.165) is 52.9 Å². The zero-order chi connectivity index (χ0) is 30.1. The van der Waals surface area contributed by atoms with Crippen molar-refractivity contribution in [2.24, 2.45) is 52.3 Å². The van der Waals surface area contributed by atoms with Gasteiger partial charge in [-0.25, -0.2) is 0 Å². The second kappa shape index (κ2) is 10.8. The Morgan fingerprint density at radius 2 is 1.37 bits per heavy atom. The summed E-state index contributed by atoms with van der Waals surface area (Å²) in [5.74, 6) is 8.28. The van der Waals surface area contributed by atoms with Crippen molar-refractivity contribution >= 4 is 0 Å². The predicted molar refractivity (Wildman–Crippen MR) is 179 cm³/mol.